The van der Waals surface area contributed by atoms with Crippen LogP contribution in [-0.4, -0.2) is 5.78 Å². The van der Waals surface area contributed by atoms with Gasteiger partial charge in [-0.15, -0.1) is 0 Å². The van der Waals surface area contributed by atoms with E-state index >= 15 is 0 Å². The lowest BCUT2D eigenvalue weighted by Gasteiger charge is -2.24. The fraction of sp³-hybridized carbons (Fsp3) is 0.688. The third-order valence-electron chi connectivity index (χ3n) is 4.03. The summed E-state index contributed by atoms with van der Waals surface area (Å²) in [5.74, 6) is 1.15. The van der Waals surface area contributed by atoms with Crippen molar-refractivity contribution in [1.29, 1.82) is 0 Å². The molecular formula is C16H24O. The standard InChI is InChI=1S/C16H24O/c1-13(17)11-15-7-9-16(10-8-15)12-14-5-3-2-4-6-14/h5,7,16H,2-4,6,8-12H2,1H3. The van der Waals surface area contributed by atoms with Crippen molar-refractivity contribution in [3.05, 3.63) is 23.3 Å². The molecule has 0 amide bonds. The number of ketones is 1. The normalized spacial score (nSPS) is 25.1. The van der Waals surface area contributed by atoms with Gasteiger partial charge in [-0.3, -0.25) is 4.79 Å². The van der Waals surface area contributed by atoms with Crippen molar-refractivity contribution in [2.75, 3.05) is 0 Å². The van der Waals surface area contributed by atoms with Crippen LogP contribution >= 0.6 is 0 Å². The first-order chi connectivity index (χ1) is 8.24. The Morgan fingerprint density at radius 3 is 2.71 bits per heavy atom. The van der Waals surface area contributed by atoms with E-state index in [1.807, 2.05) is 0 Å². The minimum Gasteiger partial charge on any atom is -0.300 e. The molecule has 0 spiro atoms. The minimum atomic E-state index is 0.310. The Morgan fingerprint density at radius 2 is 2.12 bits per heavy atom. The number of carbonyl (C=O) groups is 1. The number of rotatable bonds is 4. The predicted molar refractivity (Wildman–Crippen MR) is 71.9 cm³/mol. The molecule has 0 aliphatic heterocycles. The number of carbonyl (C=O) groups excluding carboxylic acids is 1. The zero-order chi connectivity index (χ0) is 12.1. The molecule has 0 heterocycles. The summed E-state index contributed by atoms with van der Waals surface area (Å²) in [6.07, 6.45) is 15.8. The summed E-state index contributed by atoms with van der Waals surface area (Å²) in [6, 6.07) is 0. The van der Waals surface area contributed by atoms with Gasteiger partial charge in [0.25, 0.3) is 0 Å². The quantitative estimate of drug-likeness (QED) is 0.648. The SMILES string of the molecule is CC(=O)CC1=CCC(CC2=CCCCC2)CC1. The molecule has 0 saturated heterocycles. The fourth-order valence-electron chi connectivity index (χ4n) is 3.07. The first kappa shape index (κ1) is 12.6. The number of Topliss-reactive ketones (excluding diaryl/α,β-unsaturated/α-hetero) is 1. The van der Waals surface area contributed by atoms with Crippen LogP contribution in [0.15, 0.2) is 23.3 Å². The maximum absolute atomic E-state index is 11.1. The monoisotopic (exact) mass is 232 g/mol. The van der Waals surface area contributed by atoms with E-state index in [9.17, 15) is 4.79 Å². The van der Waals surface area contributed by atoms with Gasteiger partial charge in [-0.2, -0.15) is 0 Å². The highest BCUT2D eigenvalue weighted by Gasteiger charge is 2.17. The Balaban J connectivity index is 1.80. The largest absolute Gasteiger partial charge is 0.300 e. The second-order valence-corrected chi connectivity index (χ2v) is 5.69. The van der Waals surface area contributed by atoms with Crippen LogP contribution < -0.4 is 0 Å². The summed E-state index contributed by atoms with van der Waals surface area (Å²) in [6.45, 7) is 1.69. The number of hydrogen-bond donors (Lipinski definition) is 0. The van der Waals surface area contributed by atoms with E-state index in [2.05, 4.69) is 12.2 Å². The first-order valence-electron chi connectivity index (χ1n) is 7.09. The molecule has 1 atom stereocenters. The highest BCUT2D eigenvalue weighted by atomic mass is 16.1. The summed E-state index contributed by atoms with van der Waals surface area (Å²) in [7, 11) is 0. The third-order valence-corrected chi connectivity index (χ3v) is 4.03. The Morgan fingerprint density at radius 1 is 1.24 bits per heavy atom. The van der Waals surface area contributed by atoms with E-state index < -0.39 is 0 Å². The van der Waals surface area contributed by atoms with Gasteiger partial charge in [0.05, 0.1) is 0 Å². The lowest BCUT2D eigenvalue weighted by Crippen LogP contribution is -2.09. The summed E-state index contributed by atoms with van der Waals surface area (Å²) in [5.41, 5.74) is 3.08. The smallest absolute Gasteiger partial charge is 0.133 e. The van der Waals surface area contributed by atoms with Crippen LogP contribution in [0.4, 0.5) is 0 Å². The van der Waals surface area contributed by atoms with Gasteiger partial charge >= 0.3 is 0 Å². The van der Waals surface area contributed by atoms with Crippen LogP contribution in [0.5, 0.6) is 0 Å². The highest BCUT2D eigenvalue weighted by Crippen LogP contribution is 2.32. The molecule has 0 radical (unpaired) electrons. The molecule has 2 aliphatic rings. The van der Waals surface area contributed by atoms with Crippen LogP contribution in [0.25, 0.3) is 0 Å². The van der Waals surface area contributed by atoms with E-state index in [-0.39, 0.29) is 0 Å². The molecule has 0 bridgehead atoms. The van der Waals surface area contributed by atoms with Crippen molar-refractivity contribution in [3.8, 4) is 0 Å². The third kappa shape index (κ3) is 4.14. The lowest BCUT2D eigenvalue weighted by atomic mass is 9.82. The molecule has 2 aliphatic carbocycles. The van der Waals surface area contributed by atoms with E-state index in [0.29, 0.717) is 12.2 Å². The molecule has 94 valence electrons. The maximum atomic E-state index is 11.1. The Bertz CT molecular complexity index is 335. The van der Waals surface area contributed by atoms with Crippen molar-refractivity contribution in [2.45, 2.75) is 64.7 Å². The average Bonchev–Trinajstić information content (AvgIpc) is 2.32. The first-order valence-corrected chi connectivity index (χ1v) is 7.09. The van der Waals surface area contributed by atoms with Crippen molar-refractivity contribution < 1.29 is 4.79 Å². The molecule has 0 aromatic heterocycles. The van der Waals surface area contributed by atoms with Crippen LogP contribution in [0.3, 0.4) is 0 Å². The zero-order valence-corrected chi connectivity index (χ0v) is 11.0. The minimum absolute atomic E-state index is 0.310. The highest BCUT2D eigenvalue weighted by molar-refractivity contribution is 5.78. The Kier molecular flexibility index (Phi) is 4.58. The van der Waals surface area contributed by atoms with Crippen molar-refractivity contribution >= 4 is 5.78 Å². The molecule has 17 heavy (non-hydrogen) atoms. The van der Waals surface area contributed by atoms with Gasteiger partial charge in [-0.25, -0.2) is 0 Å². The number of hydrogen-bond acceptors (Lipinski definition) is 1. The van der Waals surface area contributed by atoms with E-state index in [4.69, 9.17) is 0 Å². The molecular weight excluding hydrogens is 208 g/mol. The topological polar surface area (TPSA) is 17.1 Å². The van der Waals surface area contributed by atoms with Crippen LogP contribution in [0.2, 0.25) is 0 Å². The van der Waals surface area contributed by atoms with E-state index in [1.165, 1.54) is 50.5 Å². The maximum Gasteiger partial charge on any atom is 0.133 e. The molecule has 1 heteroatoms. The van der Waals surface area contributed by atoms with Gasteiger partial charge in [0, 0.05) is 6.42 Å². The number of allylic oxidation sites excluding steroid dienone is 4. The van der Waals surface area contributed by atoms with Gasteiger partial charge in [-0.05, 0) is 64.2 Å². The molecule has 0 saturated carbocycles. The van der Waals surface area contributed by atoms with Crippen molar-refractivity contribution in [2.24, 2.45) is 5.92 Å². The summed E-state index contributed by atoms with van der Waals surface area (Å²) >= 11 is 0. The van der Waals surface area contributed by atoms with E-state index in [0.717, 1.165) is 12.3 Å². The molecule has 1 unspecified atom stereocenters. The van der Waals surface area contributed by atoms with Gasteiger partial charge in [0.1, 0.15) is 5.78 Å². The molecule has 0 N–H and O–H groups in total. The Hall–Kier alpha value is -0.850. The second-order valence-electron chi connectivity index (χ2n) is 5.69. The van der Waals surface area contributed by atoms with Gasteiger partial charge in [0.2, 0.25) is 0 Å². The Labute approximate surface area is 105 Å². The lowest BCUT2D eigenvalue weighted by molar-refractivity contribution is -0.116. The van der Waals surface area contributed by atoms with Gasteiger partial charge < -0.3 is 0 Å². The second kappa shape index (κ2) is 6.18. The van der Waals surface area contributed by atoms with Crippen molar-refractivity contribution in [3.63, 3.8) is 0 Å². The van der Waals surface area contributed by atoms with Crippen LogP contribution in [0.1, 0.15) is 64.7 Å². The average molecular weight is 232 g/mol. The summed E-state index contributed by atoms with van der Waals surface area (Å²) < 4.78 is 0. The molecule has 0 aromatic carbocycles. The van der Waals surface area contributed by atoms with E-state index in [1.54, 1.807) is 12.5 Å². The fourth-order valence-corrected chi connectivity index (χ4v) is 3.07. The van der Waals surface area contributed by atoms with Crippen LogP contribution in [-0.2, 0) is 4.79 Å². The molecule has 0 aromatic rings. The molecule has 2 rings (SSSR count). The van der Waals surface area contributed by atoms with Gasteiger partial charge in [-0.1, -0.05) is 23.3 Å². The molecule has 0 fully saturated rings. The molecule has 1 nitrogen and oxygen atoms in total. The summed E-state index contributed by atoms with van der Waals surface area (Å²) in [4.78, 5) is 11.1. The predicted octanol–water partition coefficient (Wildman–Crippen LogP) is 4.58. The van der Waals surface area contributed by atoms with Gasteiger partial charge in [0.15, 0.2) is 0 Å². The zero-order valence-electron chi connectivity index (χ0n) is 11.0. The van der Waals surface area contributed by atoms with Crippen molar-refractivity contribution in [1.82, 2.24) is 0 Å². The summed E-state index contributed by atoms with van der Waals surface area (Å²) in [5, 5.41) is 0. The van der Waals surface area contributed by atoms with Crippen LogP contribution in [0, 0.1) is 5.92 Å².